The maximum Gasteiger partial charge on any atom is 0.256 e. The van der Waals surface area contributed by atoms with Crippen molar-refractivity contribution in [1.82, 2.24) is 20.3 Å². The van der Waals surface area contributed by atoms with E-state index in [0.717, 1.165) is 11.6 Å². The van der Waals surface area contributed by atoms with E-state index in [0.29, 0.717) is 33.8 Å². The summed E-state index contributed by atoms with van der Waals surface area (Å²) in [5, 5.41) is 8.46. The maximum atomic E-state index is 14.7. The number of halogens is 2. The lowest BCUT2D eigenvalue weighted by Crippen LogP contribution is -2.27. The van der Waals surface area contributed by atoms with Gasteiger partial charge in [0.1, 0.15) is 12.4 Å². The van der Waals surface area contributed by atoms with Gasteiger partial charge in [-0.15, -0.1) is 0 Å². The highest BCUT2D eigenvalue weighted by atomic mass is 19.2. The van der Waals surface area contributed by atoms with Crippen LogP contribution >= 0.6 is 0 Å². The predicted octanol–water partition coefficient (Wildman–Crippen LogP) is 4.39. The van der Waals surface area contributed by atoms with E-state index < -0.39 is 17.7 Å². The fraction of sp³-hybridized carbons (Fsp3) is 0.143. The number of H-pyrrole nitrogens is 1. The van der Waals surface area contributed by atoms with Gasteiger partial charge in [-0.3, -0.25) is 14.6 Å². The first kappa shape index (κ1) is 25.6. The Morgan fingerprint density at radius 1 is 1.15 bits per heavy atom. The molecule has 39 heavy (non-hydrogen) atoms. The van der Waals surface area contributed by atoms with Gasteiger partial charge in [-0.05, 0) is 48.9 Å². The number of hydrogen-bond donors (Lipinski definition) is 4. The Morgan fingerprint density at radius 3 is 2.79 bits per heavy atom. The first-order valence-electron chi connectivity index (χ1n) is 12.1. The molecule has 0 spiro atoms. The summed E-state index contributed by atoms with van der Waals surface area (Å²) in [5.41, 5.74) is 3.20. The molecule has 4 N–H and O–H groups in total. The number of rotatable bonds is 9. The zero-order chi connectivity index (χ0) is 27.4. The van der Waals surface area contributed by atoms with Gasteiger partial charge in [0.2, 0.25) is 0 Å². The molecule has 1 aliphatic rings. The van der Waals surface area contributed by atoms with Crippen LogP contribution in [-0.2, 0) is 11.3 Å². The van der Waals surface area contributed by atoms with Crippen molar-refractivity contribution in [2.75, 3.05) is 17.2 Å². The SMILES string of the molecule is C[C@H](COc1ccc2c(c1)NC(=O)/C2=C\c1cnc[nH]1)Nc1c(CNC(=O)c2cccnc2)ccc(F)c1F. The number of aromatic amines is 1. The topological polar surface area (TPSA) is 121 Å². The third kappa shape index (κ3) is 5.77. The molecule has 5 rings (SSSR count). The standard InChI is InChI=1S/C28H24F2N6O3/c1-16(14-39-20-5-6-21-22(9-19-13-32-15-34-19)28(38)36-24(21)10-20)35-26-17(4-7-23(29)25(26)30)12-33-27(37)18-3-2-8-31-11-18/h2-11,13,15-16,35H,12,14H2,1H3,(H,32,34)(H,33,37)(H,36,38)/b22-9-/t16-/m1/s1. The summed E-state index contributed by atoms with van der Waals surface area (Å²) in [7, 11) is 0. The molecule has 11 heteroatoms. The van der Waals surface area contributed by atoms with Crippen LogP contribution < -0.4 is 20.7 Å². The molecule has 0 saturated carbocycles. The van der Waals surface area contributed by atoms with E-state index in [1.807, 2.05) is 0 Å². The number of imidazole rings is 1. The number of benzene rings is 2. The van der Waals surface area contributed by atoms with Crippen LogP contribution in [0.25, 0.3) is 11.6 Å². The van der Waals surface area contributed by atoms with E-state index in [2.05, 4.69) is 30.9 Å². The molecular formula is C28H24F2N6O3. The third-order valence-corrected chi connectivity index (χ3v) is 6.03. The van der Waals surface area contributed by atoms with E-state index in [-0.39, 0.29) is 30.7 Å². The lowest BCUT2D eigenvalue weighted by atomic mass is 10.1. The van der Waals surface area contributed by atoms with Crippen LogP contribution in [0.4, 0.5) is 20.2 Å². The Labute approximate surface area is 222 Å². The summed E-state index contributed by atoms with van der Waals surface area (Å²) in [6, 6.07) is 10.4. The highest BCUT2D eigenvalue weighted by Crippen LogP contribution is 2.35. The molecule has 198 valence electrons. The molecule has 2 aromatic carbocycles. The molecule has 0 bridgehead atoms. The summed E-state index contributed by atoms with van der Waals surface area (Å²) < 4.78 is 34.7. The number of pyridine rings is 1. The third-order valence-electron chi connectivity index (χ3n) is 6.03. The lowest BCUT2D eigenvalue weighted by Gasteiger charge is -2.20. The molecule has 0 unspecified atom stereocenters. The van der Waals surface area contributed by atoms with Crippen LogP contribution in [-0.4, -0.2) is 39.4 Å². The van der Waals surface area contributed by atoms with Gasteiger partial charge in [-0.25, -0.2) is 13.8 Å². The Balaban J connectivity index is 1.24. The second-order valence-electron chi connectivity index (χ2n) is 8.90. The fourth-order valence-electron chi connectivity index (χ4n) is 4.09. The van der Waals surface area contributed by atoms with E-state index in [9.17, 15) is 18.4 Å². The number of fused-ring (bicyclic) bond motifs is 1. The second kappa shape index (κ2) is 11.1. The van der Waals surface area contributed by atoms with Crippen LogP contribution in [0.5, 0.6) is 5.75 Å². The quantitative estimate of drug-likeness (QED) is 0.238. The number of nitrogens with zero attached hydrogens (tertiary/aromatic N) is 2. The normalized spacial score (nSPS) is 14.0. The number of anilines is 2. The minimum absolute atomic E-state index is 0.0280. The van der Waals surface area contributed by atoms with Crippen LogP contribution in [0.15, 0.2) is 67.4 Å². The van der Waals surface area contributed by atoms with Crippen LogP contribution in [0, 0.1) is 11.6 Å². The molecule has 4 aromatic rings. The van der Waals surface area contributed by atoms with Gasteiger partial charge < -0.3 is 25.7 Å². The van der Waals surface area contributed by atoms with Gasteiger partial charge in [0, 0.05) is 30.6 Å². The summed E-state index contributed by atoms with van der Waals surface area (Å²) in [6.45, 7) is 1.84. The second-order valence-corrected chi connectivity index (χ2v) is 8.90. The van der Waals surface area contributed by atoms with Crippen LogP contribution in [0.3, 0.4) is 0 Å². The van der Waals surface area contributed by atoms with E-state index in [4.69, 9.17) is 4.74 Å². The maximum absolute atomic E-state index is 14.7. The van der Waals surface area contributed by atoms with Gasteiger partial charge >= 0.3 is 0 Å². The van der Waals surface area contributed by atoms with Crippen molar-refractivity contribution in [3.8, 4) is 5.75 Å². The minimum atomic E-state index is -1.05. The van der Waals surface area contributed by atoms with Crippen molar-refractivity contribution < 1.29 is 23.1 Å². The Morgan fingerprint density at radius 2 is 2.03 bits per heavy atom. The van der Waals surface area contributed by atoms with Gasteiger partial charge in [0.05, 0.1) is 46.8 Å². The van der Waals surface area contributed by atoms with Gasteiger partial charge in [-0.2, -0.15) is 0 Å². The van der Waals surface area contributed by atoms with Crippen LogP contribution in [0.2, 0.25) is 0 Å². The molecule has 0 saturated heterocycles. The van der Waals surface area contributed by atoms with Crippen molar-refractivity contribution in [2.24, 2.45) is 0 Å². The van der Waals surface area contributed by atoms with Crippen molar-refractivity contribution in [2.45, 2.75) is 19.5 Å². The first-order valence-corrected chi connectivity index (χ1v) is 12.1. The predicted molar refractivity (Wildman–Crippen MR) is 142 cm³/mol. The summed E-state index contributed by atoms with van der Waals surface area (Å²) in [5.74, 6) is -2.19. The van der Waals surface area contributed by atoms with Crippen molar-refractivity contribution in [3.63, 3.8) is 0 Å². The smallest absolute Gasteiger partial charge is 0.256 e. The van der Waals surface area contributed by atoms with Crippen LogP contribution in [0.1, 0.15) is 34.1 Å². The van der Waals surface area contributed by atoms with Crippen molar-refractivity contribution in [1.29, 1.82) is 0 Å². The largest absolute Gasteiger partial charge is 0.491 e. The number of carbonyl (C=O) groups is 2. The highest BCUT2D eigenvalue weighted by Gasteiger charge is 2.25. The lowest BCUT2D eigenvalue weighted by molar-refractivity contribution is -0.110. The van der Waals surface area contributed by atoms with Crippen molar-refractivity contribution >= 4 is 34.8 Å². The number of ether oxygens (including phenoxy) is 1. The number of carbonyl (C=O) groups excluding carboxylic acids is 2. The molecule has 1 atom stereocenters. The summed E-state index contributed by atoms with van der Waals surface area (Å²) in [6.07, 6.45) is 7.83. The molecule has 2 amide bonds. The molecule has 0 aliphatic carbocycles. The monoisotopic (exact) mass is 530 g/mol. The van der Waals surface area contributed by atoms with Crippen molar-refractivity contribution in [3.05, 3.63) is 101 Å². The Kier molecular flexibility index (Phi) is 7.30. The molecule has 1 aliphatic heterocycles. The number of amides is 2. The summed E-state index contributed by atoms with van der Waals surface area (Å²) >= 11 is 0. The zero-order valence-corrected chi connectivity index (χ0v) is 20.8. The zero-order valence-electron chi connectivity index (χ0n) is 20.8. The Hall–Kier alpha value is -5.06. The molecule has 2 aromatic heterocycles. The van der Waals surface area contributed by atoms with Gasteiger partial charge in [0.25, 0.3) is 11.8 Å². The average Bonchev–Trinajstić information content (AvgIpc) is 3.57. The molecule has 3 heterocycles. The van der Waals surface area contributed by atoms with E-state index >= 15 is 0 Å². The van der Waals surface area contributed by atoms with E-state index in [1.165, 1.54) is 18.6 Å². The molecular weight excluding hydrogens is 506 g/mol. The molecule has 9 nitrogen and oxygen atoms in total. The molecule has 0 radical (unpaired) electrons. The highest BCUT2D eigenvalue weighted by molar-refractivity contribution is 6.34. The fourth-order valence-corrected chi connectivity index (χ4v) is 4.09. The van der Waals surface area contributed by atoms with E-state index in [1.54, 1.807) is 55.7 Å². The Bertz CT molecular complexity index is 1540. The minimum Gasteiger partial charge on any atom is -0.491 e. The summed E-state index contributed by atoms with van der Waals surface area (Å²) in [4.78, 5) is 35.6. The molecule has 0 fully saturated rings. The van der Waals surface area contributed by atoms with Gasteiger partial charge in [-0.1, -0.05) is 6.07 Å². The number of aromatic nitrogens is 3. The number of hydrogen-bond acceptors (Lipinski definition) is 6. The van der Waals surface area contributed by atoms with Gasteiger partial charge in [0.15, 0.2) is 11.6 Å². The first-order chi connectivity index (χ1) is 18.9. The number of nitrogens with one attached hydrogen (secondary N) is 4. The average molecular weight is 531 g/mol.